The van der Waals surface area contributed by atoms with E-state index in [9.17, 15) is 4.79 Å². The van der Waals surface area contributed by atoms with E-state index in [1.165, 1.54) is 0 Å². The molecule has 0 saturated carbocycles. The molecule has 0 aliphatic carbocycles. The summed E-state index contributed by atoms with van der Waals surface area (Å²) in [6, 6.07) is 5.60. The van der Waals surface area contributed by atoms with Crippen LogP contribution in [-0.4, -0.2) is 25.1 Å². The highest BCUT2D eigenvalue weighted by Crippen LogP contribution is 2.24. The van der Waals surface area contributed by atoms with Crippen LogP contribution in [0.3, 0.4) is 0 Å². The van der Waals surface area contributed by atoms with Crippen LogP contribution in [0.1, 0.15) is 33.6 Å². The molecule has 0 fully saturated rings. The second-order valence-electron chi connectivity index (χ2n) is 4.77. The van der Waals surface area contributed by atoms with Gasteiger partial charge in [-0.2, -0.15) is 0 Å². The van der Waals surface area contributed by atoms with Gasteiger partial charge in [-0.1, -0.05) is 29.8 Å². The summed E-state index contributed by atoms with van der Waals surface area (Å²) in [5.74, 6) is 0.757. The average Bonchev–Trinajstić information content (AvgIpc) is 2.43. The number of nitrogens with one attached hydrogen (secondary N) is 2. The Bertz CT molecular complexity index is 447. The zero-order valence-electron chi connectivity index (χ0n) is 12.5. The Morgan fingerprint density at radius 1 is 1.30 bits per heavy atom. The molecule has 2 N–H and O–H groups in total. The predicted molar refractivity (Wildman–Crippen MR) is 86.3 cm³/mol. The standard InChI is InChI=1S/C15H23BrN2O2/c1-5-12(6-2)18-15(19)10(3)17-13-7-11(16)8-14(9-13)20-4/h7-10,12,17H,5-6H2,1-4H3,(H,18,19). The smallest absolute Gasteiger partial charge is 0.242 e. The van der Waals surface area contributed by atoms with Gasteiger partial charge >= 0.3 is 0 Å². The van der Waals surface area contributed by atoms with Gasteiger partial charge in [0.25, 0.3) is 0 Å². The van der Waals surface area contributed by atoms with Gasteiger partial charge < -0.3 is 15.4 Å². The molecule has 20 heavy (non-hydrogen) atoms. The molecule has 5 heteroatoms. The zero-order valence-corrected chi connectivity index (χ0v) is 14.1. The van der Waals surface area contributed by atoms with Crippen LogP contribution in [-0.2, 0) is 4.79 Å². The molecule has 0 aliphatic rings. The highest BCUT2D eigenvalue weighted by Gasteiger charge is 2.16. The van der Waals surface area contributed by atoms with Crippen molar-refractivity contribution in [1.82, 2.24) is 5.32 Å². The molecule has 1 atom stereocenters. The molecule has 0 aliphatic heterocycles. The van der Waals surface area contributed by atoms with Gasteiger partial charge in [0.1, 0.15) is 11.8 Å². The summed E-state index contributed by atoms with van der Waals surface area (Å²) in [6.07, 6.45) is 1.89. The van der Waals surface area contributed by atoms with Crippen molar-refractivity contribution in [2.24, 2.45) is 0 Å². The molecule has 1 rings (SSSR count). The summed E-state index contributed by atoms with van der Waals surface area (Å²) < 4.78 is 6.12. The molecule has 0 heterocycles. The van der Waals surface area contributed by atoms with Crippen LogP contribution in [0.25, 0.3) is 0 Å². The van der Waals surface area contributed by atoms with Gasteiger partial charge in [0.05, 0.1) is 7.11 Å². The number of hydrogen-bond donors (Lipinski definition) is 2. The van der Waals surface area contributed by atoms with Crippen molar-refractivity contribution in [1.29, 1.82) is 0 Å². The molecular formula is C15H23BrN2O2. The number of rotatable bonds is 7. The van der Waals surface area contributed by atoms with Gasteiger partial charge in [-0.3, -0.25) is 4.79 Å². The number of ether oxygens (including phenoxy) is 1. The van der Waals surface area contributed by atoms with Gasteiger partial charge in [0.2, 0.25) is 5.91 Å². The Morgan fingerprint density at radius 3 is 2.50 bits per heavy atom. The lowest BCUT2D eigenvalue weighted by Crippen LogP contribution is -2.42. The number of benzene rings is 1. The fourth-order valence-corrected chi connectivity index (χ4v) is 2.37. The SMILES string of the molecule is CCC(CC)NC(=O)C(C)Nc1cc(Br)cc(OC)c1. The molecule has 0 saturated heterocycles. The molecular weight excluding hydrogens is 320 g/mol. The van der Waals surface area contributed by atoms with Crippen LogP contribution in [0.4, 0.5) is 5.69 Å². The van der Waals surface area contributed by atoms with Crippen LogP contribution >= 0.6 is 15.9 Å². The minimum Gasteiger partial charge on any atom is -0.497 e. The molecule has 1 unspecified atom stereocenters. The monoisotopic (exact) mass is 342 g/mol. The highest BCUT2D eigenvalue weighted by molar-refractivity contribution is 9.10. The first-order valence-electron chi connectivity index (χ1n) is 6.91. The van der Waals surface area contributed by atoms with Crippen LogP contribution < -0.4 is 15.4 Å². The Labute approximate surface area is 129 Å². The average molecular weight is 343 g/mol. The van der Waals surface area contributed by atoms with Crippen molar-refractivity contribution in [3.05, 3.63) is 22.7 Å². The number of carbonyl (C=O) groups is 1. The number of halogens is 1. The van der Waals surface area contributed by atoms with Crippen molar-refractivity contribution in [3.63, 3.8) is 0 Å². The van der Waals surface area contributed by atoms with E-state index in [4.69, 9.17) is 4.74 Å². The van der Waals surface area contributed by atoms with E-state index >= 15 is 0 Å². The maximum atomic E-state index is 12.1. The number of anilines is 1. The molecule has 0 spiro atoms. The topological polar surface area (TPSA) is 50.4 Å². The molecule has 0 radical (unpaired) electrons. The fourth-order valence-electron chi connectivity index (χ4n) is 1.90. The summed E-state index contributed by atoms with van der Waals surface area (Å²) in [4.78, 5) is 12.1. The summed E-state index contributed by atoms with van der Waals surface area (Å²) in [6.45, 7) is 6.00. The Hall–Kier alpha value is -1.23. The minimum absolute atomic E-state index is 0.0117. The normalized spacial score (nSPS) is 12.1. The third-order valence-corrected chi connectivity index (χ3v) is 3.67. The molecule has 1 aromatic carbocycles. The van der Waals surface area contributed by atoms with Crippen molar-refractivity contribution in [2.45, 2.75) is 45.7 Å². The molecule has 112 valence electrons. The van der Waals surface area contributed by atoms with E-state index in [1.807, 2.05) is 25.1 Å². The van der Waals surface area contributed by atoms with Crippen molar-refractivity contribution < 1.29 is 9.53 Å². The summed E-state index contributed by atoms with van der Waals surface area (Å²) in [5.41, 5.74) is 0.850. The quantitative estimate of drug-likeness (QED) is 0.796. The van der Waals surface area contributed by atoms with Crippen LogP contribution in [0.15, 0.2) is 22.7 Å². The first-order chi connectivity index (χ1) is 9.49. The number of methoxy groups -OCH3 is 1. The Morgan fingerprint density at radius 2 is 1.95 bits per heavy atom. The summed E-state index contributed by atoms with van der Waals surface area (Å²) in [7, 11) is 1.62. The maximum absolute atomic E-state index is 12.1. The van der Waals surface area contributed by atoms with Gasteiger partial charge in [-0.15, -0.1) is 0 Å². The maximum Gasteiger partial charge on any atom is 0.242 e. The second-order valence-corrected chi connectivity index (χ2v) is 5.68. The van der Waals surface area contributed by atoms with E-state index in [0.29, 0.717) is 0 Å². The lowest BCUT2D eigenvalue weighted by atomic mass is 10.1. The van der Waals surface area contributed by atoms with Crippen molar-refractivity contribution >= 4 is 27.5 Å². The lowest BCUT2D eigenvalue weighted by Gasteiger charge is -2.20. The number of hydrogen-bond acceptors (Lipinski definition) is 3. The molecule has 1 aromatic rings. The van der Waals surface area contributed by atoms with Crippen LogP contribution in [0.2, 0.25) is 0 Å². The first-order valence-corrected chi connectivity index (χ1v) is 7.70. The van der Waals surface area contributed by atoms with E-state index in [1.54, 1.807) is 7.11 Å². The molecule has 4 nitrogen and oxygen atoms in total. The summed E-state index contributed by atoms with van der Waals surface area (Å²) in [5, 5.41) is 6.22. The zero-order chi connectivity index (χ0) is 15.1. The molecule has 0 aromatic heterocycles. The third kappa shape index (κ3) is 5.04. The van der Waals surface area contributed by atoms with Crippen LogP contribution in [0, 0.1) is 0 Å². The first kappa shape index (κ1) is 16.8. The predicted octanol–water partition coefficient (Wildman–Crippen LogP) is 3.56. The largest absolute Gasteiger partial charge is 0.497 e. The number of carbonyl (C=O) groups excluding carboxylic acids is 1. The second kappa shape index (κ2) is 8.15. The number of amides is 1. The Balaban J connectivity index is 2.67. The van der Waals surface area contributed by atoms with Gasteiger partial charge in [-0.25, -0.2) is 0 Å². The van der Waals surface area contributed by atoms with E-state index in [2.05, 4.69) is 40.4 Å². The summed E-state index contributed by atoms with van der Waals surface area (Å²) >= 11 is 3.42. The third-order valence-electron chi connectivity index (χ3n) is 3.22. The van der Waals surface area contributed by atoms with Gasteiger partial charge in [0, 0.05) is 22.3 Å². The molecule has 0 bridgehead atoms. The highest BCUT2D eigenvalue weighted by atomic mass is 79.9. The van der Waals surface area contributed by atoms with Gasteiger partial charge in [-0.05, 0) is 31.9 Å². The van der Waals surface area contributed by atoms with Gasteiger partial charge in [0.15, 0.2) is 0 Å². The lowest BCUT2D eigenvalue weighted by molar-refractivity contribution is -0.122. The Kier molecular flexibility index (Phi) is 6.85. The van der Waals surface area contributed by atoms with Crippen molar-refractivity contribution in [2.75, 3.05) is 12.4 Å². The molecule has 1 amide bonds. The van der Waals surface area contributed by atoms with Crippen LogP contribution in [0.5, 0.6) is 5.75 Å². The minimum atomic E-state index is -0.297. The van der Waals surface area contributed by atoms with E-state index < -0.39 is 0 Å². The van der Waals surface area contributed by atoms with E-state index in [-0.39, 0.29) is 18.0 Å². The van der Waals surface area contributed by atoms with E-state index in [0.717, 1.165) is 28.8 Å². The van der Waals surface area contributed by atoms with Crippen molar-refractivity contribution in [3.8, 4) is 5.75 Å². The fraction of sp³-hybridized carbons (Fsp3) is 0.533.